The summed E-state index contributed by atoms with van der Waals surface area (Å²) in [5.74, 6) is 0.692. The molecule has 1 atom stereocenters. The van der Waals surface area contributed by atoms with Gasteiger partial charge in [0.25, 0.3) is 0 Å². The number of hydrogen-bond acceptors (Lipinski definition) is 3. The van der Waals surface area contributed by atoms with Gasteiger partial charge in [-0.15, -0.1) is 0 Å². The van der Waals surface area contributed by atoms with Crippen molar-refractivity contribution in [3.63, 3.8) is 0 Å². The molecule has 0 bridgehead atoms. The average molecular weight is 750 g/mol. The Balaban J connectivity index is 1.15. The molecule has 0 N–H and O–H groups in total. The Morgan fingerprint density at radius 2 is 0.831 bits per heavy atom. The zero-order chi connectivity index (χ0) is 38.9. The summed E-state index contributed by atoms with van der Waals surface area (Å²) in [6, 6.07) is 72.8. The van der Waals surface area contributed by atoms with Crippen molar-refractivity contribution in [1.82, 2.24) is 15.0 Å². The second-order valence-corrected chi connectivity index (χ2v) is 15.5. The molecule has 2 heterocycles. The zero-order valence-corrected chi connectivity index (χ0v) is 32.0. The average Bonchev–Trinajstić information content (AvgIpc) is 3.54. The van der Waals surface area contributed by atoms with Crippen LogP contribution in [0.1, 0.15) is 22.3 Å². The molecule has 0 saturated carbocycles. The lowest BCUT2D eigenvalue weighted by Gasteiger charge is -2.35. The van der Waals surface area contributed by atoms with Crippen molar-refractivity contribution in [3.05, 3.63) is 235 Å². The highest BCUT2D eigenvalue weighted by molar-refractivity contribution is 6.01. The maximum atomic E-state index is 5.35. The monoisotopic (exact) mass is 749 g/mol. The van der Waals surface area contributed by atoms with Crippen LogP contribution in [-0.2, 0) is 5.41 Å². The smallest absolute Gasteiger partial charge is 0.160 e. The fourth-order valence-corrected chi connectivity index (χ4v) is 9.76. The SMILES string of the molecule is c1ccc(-c2nc(-c3ccc(-c4cccnc4)cc3)cc(-c3ccc4c(c3)C3(c5ccccc5-c5ccccc5-4)c4ccccc4-c4cc5ccccc5cc43)n2)cc1. The molecule has 0 saturated heterocycles. The minimum absolute atomic E-state index is 0.614. The second-order valence-electron chi connectivity index (χ2n) is 15.5. The lowest BCUT2D eigenvalue weighted by atomic mass is 9.65. The second kappa shape index (κ2) is 13.2. The third-order valence-electron chi connectivity index (χ3n) is 12.4. The lowest BCUT2D eigenvalue weighted by molar-refractivity contribution is 0.777. The zero-order valence-electron chi connectivity index (χ0n) is 32.0. The van der Waals surface area contributed by atoms with Crippen molar-refractivity contribution < 1.29 is 0 Å². The van der Waals surface area contributed by atoms with Gasteiger partial charge in [-0.3, -0.25) is 4.98 Å². The molecule has 274 valence electrons. The van der Waals surface area contributed by atoms with E-state index in [1.807, 2.05) is 30.5 Å². The molecule has 0 amide bonds. The first-order chi connectivity index (χ1) is 29.2. The van der Waals surface area contributed by atoms with Crippen LogP contribution < -0.4 is 0 Å². The maximum Gasteiger partial charge on any atom is 0.160 e. The molecule has 12 rings (SSSR count). The van der Waals surface area contributed by atoms with E-state index in [0.717, 1.165) is 39.2 Å². The fraction of sp³-hybridized carbons (Fsp3) is 0.0179. The van der Waals surface area contributed by atoms with Crippen molar-refractivity contribution in [2.75, 3.05) is 0 Å². The van der Waals surface area contributed by atoms with Gasteiger partial charge < -0.3 is 0 Å². The van der Waals surface area contributed by atoms with Gasteiger partial charge in [-0.1, -0.05) is 170 Å². The van der Waals surface area contributed by atoms with Crippen molar-refractivity contribution in [1.29, 1.82) is 0 Å². The van der Waals surface area contributed by atoms with Crippen LogP contribution in [0, 0.1) is 0 Å². The standard InChI is InChI=1S/C56H35N3/c1-2-13-38(14-3-1)55-58-53(37-26-24-36(25-27-37)42-17-12-30-57-35-42)34-54(59-55)41-28-29-47-44-19-7-6-18-43(44)45-20-8-10-22-49(45)56(51(47)33-41)50-23-11-9-21-46(50)48-31-39-15-4-5-16-40(39)32-52(48)56/h1-35H. The van der Waals surface area contributed by atoms with Gasteiger partial charge in [-0.25, -0.2) is 9.97 Å². The number of fused-ring (bicyclic) bond motifs is 13. The fourth-order valence-electron chi connectivity index (χ4n) is 9.76. The molecule has 2 aliphatic rings. The van der Waals surface area contributed by atoms with Crippen LogP contribution in [0.3, 0.4) is 0 Å². The Morgan fingerprint density at radius 3 is 1.53 bits per heavy atom. The van der Waals surface area contributed by atoms with E-state index in [1.54, 1.807) is 6.20 Å². The molecule has 0 radical (unpaired) electrons. The summed E-state index contributed by atoms with van der Waals surface area (Å²) >= 11 is 0. The third kappa shape index (κ3) is 5.11. The molecule has 59 heavy (non-hydrogen) atoms. The maximum absolute atomic E-state index is 5.35. The van der Waals surface area contributed by atoms with E-state index >= 15 is 0 Å². The Labute approximate surface area is 343 Å². The van der Waals surface area contributed by atoms with Crippen LogP contribution in [0.25, 0.3) is 89.2 Å². The number of rotatable bonds is 4. The molecule has 3 nitrogen and oxygen atoms in total. The van der Waals surface area contributed by atoms with Gasteiger partial charge in [0.2, 0.25) is 0 Å². The van der Waals surface area contributed by atoms with E-state index in [2.05, 4.69) is 181 Å². The van der Waals surface area contributed by atoms with Crippen molar-refractivity contribution in [2.45, 2.75) is 5.41 Å². The number of nitrogens with zero attached hydrogens (tertiary/aromatic N) is 3. The normalized spacial score (nSPS) is 14.5. The third-order valence-corrected chi connectivity index (χ3v) is 12.4. The van der Waals surface area contributed by atoms with Crippen LogP contribution in [0.5, 0.6) is 0 Å². The van der Waals surface area contributed by atoms with Gasteiger partial charge >= 0.3 is 0 Å². The highest BCUT2D eigenvalue weighted by Crippen LogP contribution is 2.62. The van der Waals surface area contributed by atoms with Crippen LogP contribution in [0.15, 0.2) is 213 Å². The van der Waals surface area contributed by atoms with Gasteiger partial charge in [-0.2, -0.15) is 0 Å². The summed E-state index contributed by atoms with van der Waals surface area (Å²) in [7, 11) is 0. The highest BCUT2D eigenvalue weighted by atomic mass is 14.9. The molecule has 8 aromatic carbocycles. The van der Waals surface area contributed by atoms with Crippen molar-refractivity contribution in [2.24, 2.45) is 0 Å². The Morgan fingerprint density at radius 1 is 0.305 bits per heavy atom. The molecule has 10 aromatic rings. The number of aromatic nitrogens is 3. The quantitative estimate of drug-likeness (QED) is 0.180. The van der Waals surface area contributed by atoms with Crippen LogP contribution in [0.4, 0.5) is 0 Å². The summed E-state index contributed by atoms with van der Waals surface area (Å²) in [6.45, 7) is 0. The minimum atomic E-state index is -0.614. The largest absolute Gasteiger partial charge is 0.264 e. The van der Waals surface area contributed by atoms with E-state index in [-0.39, 0.29) is 0 Å². The molecule has 2 aromatic heterocycles. The van der Waals surface area contributed by atoms with E-state index in [9.17, 15) is 0 Å². The summed E-state index contributed by atoms with van der Waals surface area (Å²) in [5.41, 5.74) is 19.0. The predicted molar refractivity (Wildman–Crippen MR) is 241 cm³/mol. The summed E-state index contributed by atoms with van der Waals surface area (Å²) in [4.78, 5) is 14.9. The number of hydrogen-bond donors (Lipinski definition) is 0. The lowest BCUT2D eigenvalue weighted by Crippen LogP contribution is -2.29. The summed E-state index contributed by atoms with van der Waals surface area (Å²) in [6.07, 6.45) is 3.70. The van der Waals surface area contributed by atoms with Gasteiger partial charge in [0.1, 0.15) is 0 Å². The Kier molecular flexibility index (Phi) is 7.45. The molecule has 0 fully saturated rings. The van der Waals surface area contributed by atoms with E-state index in [1.165, 1.54) is 66.4 Å². The first kappa shape index (κ1) is 33.4. The molecule has 2 aliphatic carbocycles. The van der Waals surface area contributed by atoms with Gasteiger partial charge in [-0.05, 0) is 108 Å². The Bertz CT molecular complexity index is 3260. The number of pyridine rings is 1. The van der Waals surface area contributed by atoms with E-state index < -0.39 is 5.41 Å². The molecular weight excluding hydrogens is 715 g/mol. The summed E-state index contributed by atoms with van der Waals surface area (Å²) < 4.78 is 0. The molecule has 1 spiro atoms. The molecule has 3 heteroatoms. The van der Waals surface area contributed by atoms with Crippen molar-refractivity contribution in [3.8, 4) is 78.4 Å². The van der Waals surface area contributed by atoms with Crippen LogP contribution in [-0.4, -0.2) is 15.0 Å². The first-order valence-corrected chi connectivity index (χ1v) is 20.2. The van der Waals surface area contributed by atoms with Crippen LogP contribution in [0.2, 0.25) is 0 Å². The highest BCUT2D eigenvalue weighted by Gasteiger charge is 2.50. The summed E-state index contributed by atoms with van der Waals surface area (Å²) in [5, 5.41) is 2.48. The topological polar surface area (TPSA) is 38.7 Å². The minimum Gasteiger partial charge on any atom is -0.264 e. The van der Waals surface area contributed by atoms with Crippen molar-refractivity contribution >= 4 is 10.8 Å². The predicted octanol–water partition coefficient (Wildman–Crippen LogP) is 13.7. The van der Waals surface area contributed by atoms with Gasteiger partial charge in [0.05, 0.1) is 16.8 Å². The van der Waals surface area contributed by atoms with E-state index in [0.29, 0.717) is 5.82 Å². The van der Waals surface area contributed by atoms with Gasteiger partial charge in [0, 0.05) is 29.1 Å². The van der Waals surface area contributed by atoms with Gasteiger partial charge in [0.15, 0.2) is 5.82 Å². The van der Waals surface area contributed by atoms with E-state index in [4.69, 9.17) is 9.97 Å². The molecule has 1 unspecified atom stereocenters. The number of benzene rings is 8. The Hall–Kier alpha value is -7.75. The van der Waals surface area contributed by atoms with Crippen LogP contribution >= 0.6 is 0 Å². The first-order valence-electron chi connectivity index (χ1n) is 20.2. The molecule has 0 aliphatic heterocycles. The molecular formula is C56H35N3.